The highest BCUT2D eigenvalue weighted by molar-refractivity contribution is 5.73. The van der Waals surface area contributed by atoms with Crippen molar-refractivity contribution in [2.24, 2.45) is 0 Å². The van der Waals surface area contributed by atoms with Crippen LogP contribution in [-0.4, -0.2) is 15.2 Å². The Morgan fingerprint density at radius 3 is 2.80 bits per heavy atom. The van der Waals surface area contributed by atoms with Crippen LogP contribution in [0.25, 0.3) is 11.0 Å². The first-order valence-electron chi connectivity index (χ1n) is 6.16. The summed E-state index contributed by atoms with van der Waals surface area (Å²) in [5.74, 6) is -1.27. The molecule has 0 aliphatic rings. The number of aromatic amines is 1. The van der Waals surface area contributed by atoms with Crippen molar-refractivity contribution in [2.45, 2.75) is 12.8 Å². The highest BCUT2D eigenvalue weighted by atomic mass is 19.1. The number of nitrogen functional groups attached to an aromatic ring is 1. The van der Waals surface area contributed by atoms with Gasteiger partial charge in [-0.3, -0.25) is 5.10 Å². The van der Waals surface area contributed by atoms with E-state index in [-0.39, 0.29) is 17.7 Å². The van der Waals surface area contributed by atoms with Gasteiger partial charge in [0.15, 0.2) is 5.82 Å². The van der Waals surface area contributed by atoms with Gasteiger partial charge in [-0.05, 0) is 37.1 Å². The standard InChI is InChI=1S/C14H12F2N4/c15-10-4-5-11(17)14(16)9(10)3-1-8-2-6-12-13(19-8)7-18-20-12/h2,4-7H,1,3,17H2,(H,18,20). The van der Waals surface area contributed by atoms with E-state index in [2.05, 4.69) is 15.2 Å². The normalized spacial score (nSPS) is 11.1. The quantitative estimate of drug-likeness (QED) is 0.721. The Bertz CT molecular complexity index is 767. The van der Waals surface area contributed by atoms with Gasteiger partial charge in [0.05, 0.1) is 17.4 Å². The average Bonchev–Trinajstić information content (AvgIpc) is 2.90. The molecule has 0 bridgehead atoms. The lowest BCUT2D eigenvalue weighted by Crippen LogP contribution is -2.03. The molecule has 0 aliphatic heterocycles. The van der Waals surface area contributed by atoms with Gasteiger partial charge in [0.2, 0.25) is 0 Å². The summed E-state index contributed by atoms with van der Waals surface area (Å²) in [4.78, 5) is 4.36. The first-order valence-corrected chi connectivity index (χ1v) is 6.16. The SMILES string of the molecule is Nc1ccc(F)c(CCc2ccc3[nH]ncc3n2)c1F. The number of nitrogens with one attached hydrogen (secondary N) is 1. The van der Waals surface area contributed by atoms with E-state index in [0.717, 1.165) is 16.7 Å². The Morgan fingerprint density at radius 2 is 1.95 bits per heavy atom. The van der Waals surface area contributed by atoms with Crippen LogP contribution in [0.1, 0.15) is 11.3 Å². The highest BCUT2D eigenvalue weighted by Crippen LogP contribution is 2.20. The second kappa shape index (κ2) is 4.88. The molecular formula is C14H12F2N4. The molecular weight excluding hydrogens is 262 g/mol. The van der Waals surface area contributed by atoms with E-state index in [0.29, 0.717) is 6.42 Å². The van der Waals surface area contributed by atoms with Gasteiger partial charge in [-0.25, -0.2) is 13.8 Å². The van der Waals surface area contributed by atoms with Crippen molar-refractivity contribution in [2.75, 3.05) is 5.73 Å². The molecule has 0 saturated heterocycles. The summed E-state index contributed by atoms with van der Waals surface area (Å²) in [6.07, 6.45) is 2.25. The zero-order chi connectivity index (χ0) is 14.1. The molecule has 0 fully saturated rings. The summed E-state index contributed by atoms with van der Waals surface area (Å²) in [6, 6.07) is 6.06. The molecule has 20 heavy (non-hydrogen) atoms. The summed E-state index contributed by atoms with van der Waals surface area (Å²) < 4.78 is 27.4. The van der Waals surface area contributed by atoms with Crippen LogP contribution in [0.4, 0.5) is 14.5 Å². The molecule has 0 saturated carbocycles. The lowest BCUT2D eigenvalue weighted by molar-refractivity contribution is 0.557. The van der Waals surface area contributed by atoms with Crippen molar-refractivity contribution in [1.29, 1.82) is 0 Å². The van der Waals surface area contributed by atoms with Crippen molar-refractivity contribution in [3.63, 3.8) is 0 Å². The lowest BCUT2D eigenvalue weighted by atomic mass is 10.1. The number of halogens is 2. The number of rotatable bonds is 3. The third-order valence-corrected chi connectivity index (χ3v) is 3.20. The summed E-state index contributed by atoms with van der Waals surface area (Å²) >= 11 is 0. The first-order chi connectivity index (χ1) is 9.65. The topological polar surface area (TPSA) is 67.6 Å². The molecule has 3 aromatic rings. The minimum absolute atomic E-state index is 0.000842. The summed E-state index contributed by atoms with van der Waals surface area (Å²) in [5.41, 5.74) is 7.72. The Labute approximate surface area is 113 Å². The molecule has 2 heterocycles. The van der Waals surface area contributed by atoms with Gasteiger partial charge >= 0.3 is 0 Å². The predicted octanol–water partition coefficient (Wildman–Crippen LogP) is 2.60. The molecule has 0 radical (unpaired) electrons. The number of aromatic nitrogens is 3. The van der Waals surface area contributed by atoms with Crippen molar-refractivity contribution >= 4 is 16.7 Å². The van der Waals surface area contributed by atoms with Crippen LogP contribution in [0.3, 0.4) is 0 Å². The molecule has 4 nitrogen and oxygen atoms in total. The zero-order valence-corrected chi connectivity index (χ0v) is 10.5. The van der Waals surface area contributed by atoms with Crippen molar-refractivity contribution in [1.82, 2.24) is 15.2 Å². The number of hydrogen-bond acceptors (Lipinski definition) is 3. The van der Waals surface area contributed by atoms with Crippen LogP contribution in [0.5, 0.6) is 0 Å². The van der Waals surface area contributed by atoms with Crippen molar-refractivity contribution in [3.05, 3.63) is 53.4 Å². The maximum absolute atomic E-state index is 13.8. The monoisotopic (exact) mass is 274 g/mol. The van der Waals surface area contributed by atoms with Gasteiger partial charge in [-0.2, -0.15) is 5.10 Å². The van der Waals surface area contributed by atoms with Gasteiger partial charge < -0.3 is 5.73 Å². The number of H-pyrrole nitrogens is 1. The number of pyridine rings is 1. The minimum Gasteiger partial charge on any atom is -0.396 e. The third-order valence-electron chi connectivity index (χ3n) is 3.20. The second-order valence-electron chi connectivity index (χ2n) is 4.53. The van der Waals surface area contributed by atoms with Crippen LogP contribution in [-0.2, 0) is 12.8 Å². The van der Waals surface area contributed by atoms with Crippen LogP contribution < -0.4 is 5.73 Å². The second-order valence-corrected chi connectivity index (χ2v) is 4.53. The van der Waals surface area contributed by atoms with Crippen molar-refractivity contribution in [3.8, 4) is 0 Å². The number of nitrogens with two attached hydrogens (primary N) is 1. The Hall–Kier alpha value is -2.50. The Balaban J connectivity index is 1.84. The van der Waals surface area contributed by atoms with E-state index in [1.165, 1.54) is 12.1 Å². The van der Waals surface area contributed by atoms with Gasteiger partial charge in [-0.15, -0.1) is 0 Å². The fourth-order valence-corrected chi connectivity index (χ4v) is 2.11. The number of benzene rings is 1. The molecule has 1 aromatic carbocycles. The number of nitrogens with zero attached hydrogens (tertiary/aromatic N) is 2. The predicted molar refractivity (Wildman–Crippen MR) is 72.1 cm³/mol. The zero-order valence-electron chi connectivity index (χ0n) is 10.5. The van der Waals surface area contributed by atoms with E-state index in [9.17, 15) is 8.78 Å². The molecule has 2 aromatic heterocycles. The molecule has 3 rings (SSSR count). The molecule has 0 spiro atoms. The van der Waals surface area contributed by atoms with E-state index in [1.807, 2.05) is 12.1 Å². The van der Waals surface area contributed by atoms with Crippen molar-refractivity contribution < 1.29 is 8.78 Å². The molecule has 0 unspecified atom stereocenters. The summed E-state index contributed by atoms with van der Waals surface area (Å²) in [7, 11) is 0. The van der Waals surface area contributed by atoms with E-state index in [1.54, 1.807) is 6.20 Å². The number of aryl methyl sites for hydroxylation is 1. The maximum atomic E-state index is 13.8. The number of fused-ring (bicyclic) bond motifs is 1. The molecule has 0 aliphatic carbocycles. The van der Waals surface area contributed by atoms with Gasteiger partial charge in [-0.1, -0.05) is 0 Å². The molecule has 3 N–H and O–H groups in total. The average molecular weight is 274 g/mol. The smallest absolute Gasteiger partial charge is 0.152 e. The van der Waals surface area contributed by atoms with Gasteiger partial charge in [0.25, 0.3) is 0 Å². The molecule has 0 amide bonds. The number of hydrogen-bond donors (Lipinski definition) is 2. The molecule has 6 heteroatoms. The first kappa shape index (κ1) is 12.5. The fraction of sp³-hybridized carbons (Fsp3) is 0.143. The van der Waals surface area contributed by atoms with Crippen LogP contribution in [0, 0.1) is 11.6 Å². The maximum Gasteiger partial charge on any atom is 0.152 e. The Morgan fingerprint density at radius 1 is 1.10 bits per heavy atom. The van der Waals surface area contributed by atoms with Crippen LogP contribution >= 0.6 is 0 Å². The summed E-state index contributed by atoms with van der Waals surface area (Å²) in [5, 5.41) is 6.67. The Kier molecular flexibility index (Phi) is 3.06. The largest absolute Gasteiger partial charge is 0.396 e. The van der Waals surface area contributed by atoms with E-state index in [4.69, 9.17) is 5.73 Å². The number of anilines is 1. The molecule has 102 valence electrons. The van der Waals surface area contributed by atoms with Gasteiger partial charge in [0.1, 0.15) is 11.3 Å². The van der Waals surface area contributed by atoms with Crippen LogP contribution in [0.15, 0.2) is 30.5 Å². The van der Waals surface area contributed by atoms with Crippen LogP contribution in [0.2, 0.25) is 0 Å². The summed E-state index contributed by atoms with van der Waals surface area (Å²) in [6.45, 7) is 0. The highest BCUT2D eigenvalue weighted by Gasteiger charge is 2.12. The van der Waals surface area contributed by atoms with Gasteiger partial charge in [0, 0.05) is 11.3 Å². The minimum atomic E-state index is -0.686. The third kappa shape index (κ3) is 2.20. The van der Waals surface area contributed by atoms with E-state index < -0.39 is 11.6 Å². The fourth-order valence-electron chi connectivity index (χ4n) is 2.11. The van der Waals surface area contributed by atoms with E-state index >= 15 is 0 Å². The lowest BCUT2D eigenvalue weighted by Gasteiger charge is -2.07. The molecule has 0 atom stereocenters.